The summed E-state index contributed by atoms with van der Waals surface area (Å²) in [5, 5.41) is 19.2. The van der Waals surface area contributed by atoms with Crippen LogP contribution >= 0.6 is 0 Å². The lowest BCUT2D eigenvalue weighted by molar-refractivity contribution is -0.142. The summed E-state index contributed by atoms with van der Waals surface area (Å²) in [6.07, 6.45) is 4.77. The van der Waals surface area contributed by atoms with Crippen LogP contribution in [0.15, 0.2) is 48.7 Å². The second kappa shape index (κ2) is 11.0. The number of aryl methyl sites for hydroxylation is 1. The molecule has 2 aliphatic heterocycles. The minimum absolute atomic E-state index is 0.0227. The fraction of sp³-hybridized carbons (Fsp3) is 0.441. The van der Waals surface area contributed by atoms with Crippen molar-refractivity contribution < 1.29 is 23.8 Å². The molecule has 3 aliphatic rings. The number of nitriles is 1. The molecule has 0 amide bonds. The lowest BCUT2D eigenvalue weighted by Gasteiger charge is -2.43. The van der Waals surface area contributed by atoms with Crippen molar-refractivity contribution in [1.29, 1.82) is 5.26 Å². The number of ether oxygens (including phenoxy) is 2. The average molecular weight is 570 g/mol. The van der Waals surface area contributed by atoms with Gasteiger partial charge in [0.05, 0.1) is 30.7 Å². The van der Waals surface area contributed by atoms with E-state index in [-0.39, 0.29) is 17.4 Å². The van der Waals surface area contributed by atoms with Gasteiger partial charge in [-0.1, -0.05) is 37.3 Å². The van der Waals surface area contributed by atoms with E-state index in [0.29, 0.717) is 37.0 Å². The molecule has 1 aliphatic carbocycles. The van der Waals surface area contributed by atoms with Gasteiger partial charge in [0, 0.05) is 31.3 Å². The number of carbonyl (C=O) groups is 1. The number of carboxylic acids is 1. The first kappa shape index (κ1) is 28.2. The third-order valence-corrected chi connectivity index (χ3v) is 9.12. The Bertz CT molecular complexity index is 1560. The molecule has 2 aromatic carbocycles. The summed E-state index contributed by atoms with van der Waals surface area (Å²) in [5.74, 6) is -0.113. The highest BCUT2D eigenvalue weighted by molar-refractivity contribution is 5.71. The summed E-state index contributed by atoms with van der Waals surface area (Å²) in [6, 6.07) is 16.3. The molecule has 0 spiro atoms. The molecule has 42 heavy (non-hydrogen) atoms. The minimum Gasteiger partial charge on any atom is -0.485 e. The molecule has 2 unspecified atom stereocenters. The number of pyridine rings is 1. The second-order valence-electron chi connectivity index (χ2n) is 12.4. The lowest BCUT2D eigenvalue weighted by atomic mass is 9.82. The molecule has 1 saturated heterocycles. The smallest absolute Gasteiger partial charge is 0.306 e. The van der Waals surface area contributed by atoms with Crippen molar-refractivity contribution in [3.63, 3.8) is 0 Å². The van der Waals surface area contributed by atoms with E-state index in [1.54, 1.807) is 13.0 Å². The number of nitrogens with zero attached hydrogens (tertiary/aromatic N) is 3. The Hall–Kier alpha value is -3.96. The van der Waals surface area contributed by atoms with E-state index in [2.05, 4.69) is 40.2 Å². The average Bonchev–Trinajstić information content (AvgIpc) is 3.81. The minimum atomic E-state index is -0.767. The zero-order chi connectivity index (χ0) is 29.6. The van der Waals surface area contributed by atoms with E-state index in [9.17, 15) is 15.2 Å². The van der Waals surface area contributed by atoms with Crippen molar-refractivity contribution in [3.8, 4) is 28.8 Å². The molecular weight excluding hydrogens is 533 g/mol. The fourth-order valence-corrected chi connectivity index (χ4v) is 6.72. The molecule has 7 nitrogen and oxygen atoms in total. The Morgan fingerprint density at radius 1 is 1.21 bits per heavy atom. The predicted octanol–water partition coefficient (Wildman–Crippen LogP) is 6.52. The van der Waals surface area contributed by atoms with Crippen molar-refractivity contribution in [2.45, 2.75) is 58.1 Å². The number of likely N-dealkylation sites (tertiary alicyclic amines) is 1. The maximum absolute atomic E-state index is 15.0. The number of benzene rings is 2. The summed E-state index contributed by atoms with van der Waals surface area (Å²) >= 11 is 0. The van der Waals surface area contributed by atoms with Gasteiger partial charge in [-0.25, -0.2) is 9.37 Å². The predicted molar refractivity (Wildman–Crippen MR) is 156 cm³/mol. The zero-order valence-corrected chi connectivity index (χ0v) is 24.3. The standard InChI is InChI=1S/C34H36FN3O4/c1-20(33(39)40)32(22-5-6-22)24-7-4-21-9-11-29(42-30(21)13-24)23-8-10-26(27-14-31(41-3)37-15-28(27)35)25(12-23)16-38-18-34(2,17-36)19-38/h4,7-8,10,12-15,20,22,29,32H,5-6,9,11,16,18-19H2,1-3H3,(H,39,40)/t20-,29?,32?/m0/s1. The van der Waals surface area contributed by atoms with Gasteiger partial charge in [0.1, 0.15) is 17.7 Å². The Balaban J connectivity index is 1.31. The summed E-state index contributed by atoms with van der Waals surface area (Å²) in [4.78, 5) is 18.1. The topological polar surface area (TPSA) is 95.7 Å². The van der Waals surface area contributed by atoms with E-state index < -0.39 is 17.7 Å². The Morgan fingerprint density at radius 2 is 2.00 bits per heavy atom. The number of carboxylic acid groups (broad SMARTS) is 1. The highest BCUT2D eigenvalue weighted by Gasteiger charge is 2.40. The molecule has 2 fully saturated rings. The van der Waals surface area contributed by atoms with Crippen molar-refractivity contribution in [2.75, 3.05) is 20.2 Å². The van der Waals surface area contributed by atoms with E-state index >= 15 is 4.39 Å². The number of aromatic nitrogens is 1. The van der Waals surface area contributed by atoms with Crippen LogP contribution in [0.2, 0.25) is 0 Å². The van der Waals surface area contributed by atoms with Gasteiger partial charge in [-0.2, -0.15) is 5.26 Å². The fourth-order valence-electron chi connectivity index (χ4n) is 6.72. The van der Waals surface area contributed by atoms with Gasteiger partial charge in [-0.15, -0.1) is 0 Å². The first-order valence-corrected chi connectivity index (χ1v) is 14.7. The number of aliphatic carboxylic acids is 1. The van der Waals surface area contributed by atoms with E-state index in [4.69, 9.17) is 9.47 Å². The lowest BCUT2D eigenvalue weighted by Crippen LogP contribution is -2.53. The quantitative estimate of drug-likeness (QED) is 0.313. The summed E-state index contributed by atoms with van der Waals surface area (Å²) < 4.78 is 26.9. The summed E-state index contributed by atoms with van der Waals surface area (Å²) in [5.41, 5.74) is 4.93. The molecule has 0 radical (unpaired) electrons. The monoisotopic (exact) mass is 569 g/mol. The van der Waals surface area contributed by atoms with Crippen molar-refractivity contribution in [2.24, 2.45) is 17.3 Å². The van der Waals surface area contributed by atoms with Gasteiger partial charge < -0.3 is 14.6 Å². The van der Waals surface area contributed by atoms with Crippen LogP contribution in [0.25, 0.3) is 11.1 Å². The van der Waals surface area contributed by atoms with Crippen molar-refractivity contribution in [1.82, 2.24) is 9.88 Å². The third kappa shape index (κ3) is 5.46. The first-order valence-electron chi connectivity index (χ1n) is 14.7. The molecular formula is C34H36FN3O4. The molecule has 3 atom stereocenters. The molecule has 218 valence electrons. The summed E-state index contributed by atoms with van der Waals surface area (Å²) in [7, 11) is 1.51. The second-order valence-corrected chi connectivity index (χ2v) is 12.4. The van der Waals surface area contributed by atoms with Crippen molar-refractivity contribution >= 4 is 5.97 Å². The van der Waals surface area contributed by atoms with Gasteiger partial charge in [0.25, 0.3) is 0 Å². The van der Waals surface area contributed by atoms with Crippen LogP contribution < -0.4 is 9.47 Å². The van der Waals surface area contributed by atoms with Crippen LogP contribution in [-0.4, -0.2) is 41.2 Å². The Morgan fingerprint density at radius 3 is 2.69 bits per heavy atom. The molecule has 3 heterocycles. The maximum Gasteiger partial charge on any atom is 0.306 e. The van der Waals surface area contributed by atoms with Gasteiger partial charge in [0.15, 0.2) is 0 Å². The molecule has 1 aromatic heterocycles. The van der Waals surface area contributed by atoms with Gasteiger partial charge in [-0.05, 0) is 78.3 Å². The SMILES string of the molecule is COc1cc(-c2ccc(C3CCc4ccc(C(C5CC5)[C@H](C)C(=O)O)cc4O3)cc2CN2CC(C)(C#N)C2)c(F)cn1. The van der Waals surface area contributed by atoms with Crippen molar-refractivity contribution in [3.05, 3.63) is 76.7 Å². The Labute approximate surface area is 245 Å². The van der Waals surface area contributed by atoms with Gasteiger partial charge in [0.2, 0.25) is 5.88 Å². The van der Waals surface area contributed by atoms with E-state index in [1.807, 2.05) is 19.1 Å². The number of halogens is 1. The van der Waals surface area contributed by atoms with Crippen LogP contribution in [0.1, 0.15) is 67.4 Å². The highest BCUT2D eigenvalue weighted by atomic mass is 19.1. The van der Waals surface area contributed by atoms with E-state index in [1.165, 1.54) is 13.3 Å². The maximum atomic E-state index is 15.0. The Kier molecular flexibility index (Phi) is 7.40. The number of methoxy groups -OCH3 is 1. The third-order valence-electron chi connectivity index (χ3n) is 9.12. The van der Waals surface area contributed by atoms with Crippen LogP contribution in [0.5, 0.6) is 11.6 Å². The molecule has 6 rings (SSSR count). The van der Waals surface area contributed by atoms with Crippen LogP contribution in [0, 0.1) is 34.4 Å². The number of rotatable bonds is 9. The van der Waals surface area contributed by atoms with Crippen LogP contribution in [0.3, 0.4) is 0 Å². The normalized spacial score (nSPS) is 20.8. The molecule has 1 N–H and O–H groups in total. The molecule has 3 aromatic rings. The van der Waals surface area contributed by atoms with E-state index in [0.717, 1.165) is 59.3 Å². The molecule has 0 bridgehead atoms. The highest BCUT2D eigenvalue weighted by Crippen LogP contribution is 2.48. The zero-order valence-electron chi connectivity index (χ0n) is 24.3. The largest absolute Gasteiger partial charge is 0.485 e. The molecule has 8 heteroatoms. The first-order chi connectivity index (χ1) is 20.2. The number of hydrogen-bond donors (Lipinski definition) is 1. The van der Waals surface area contributed by atoms with Gasteiger partial charge >= 0.3 is 5.97 Å². The number of hydrogen-bond acceptors (Lipinski definition) is 6. The van der Waals surface area contributed by atoms with Crippen LogP contribution in [0.4, 0.5) is 4.39 Å². The molecule has 1 saturated carbocycles. The van der Waals surface area contributed by atoms with Gasteiger partial charge in [-0.3, -0.25) is 9.69 Å². The summed E-state index contributed by atoms with van der Waals surface area (Å²) in [6.45, 7) is 5.65. The number of fused-ring (bicyclic) bond motifs is 1. The van der Waals surface area contributed by atoms with Crippen LogP contribution in [-0.2, 0) is 17.8 Å².